The highest BCUT2D eigenvalue weighted by atomic mass is 32.1. The molecule has 2 heterocycles. The molecule has 0 spiro atoms. The van der Waals surface area contributed by atoms with Crippen molar-refractivity contribution in [3.8, 4) is 5.75 Å². The smallest absolute Gasteiger partial charge is 0.138 e. The maximum Gasteiger partial charge on any atom is 0.138 e. The van der Waals surface area contributed by atoms with E-state index in [0.29, 0.717) is 13.2 Å². The average Bonchev–Trinajstić information content (AvgIpc) is 2.82. The normalized spacial score (nSPS) is 10.3. The summed E-state index contributed by atoms with van der Waals surface area (Å²) in [5, 5.41) is 0. The van der Waals surface area contributed by atoms with Crippen LogP contribution in [-0.2, 0) is 13.0 Å². The van der Waals surface area contributed by atoms with Crippen LogP contribution in [0.5, 0.6) is 5.75 Å². The molecule has 4 nitrogen and oxygen atoms in total. The second-order valence-corrected chi connectivity index (χ2v) is 4.25. The highest BCUT2D eigenvalue weighted by molar-refractivity contribution is 7.09. The Bertz CT molecular complexity index is 413. The molecule has 0 amide bonds. The zero-order valence-electron chi connectivity index (χ0n) is 8.80. The third kappa shape index (κ3) is 3.01. The standard InChI is InChI=1S/C11H13N3OS/c12-4-3-9-1-2-10(5-14-9)15-7-11-6-13-8-16-11/h1-2,5-6,8H,3-4,7,12H2. The number of nitrogens with two attached hydrogens (primary N) is 1. The molecule has 0 saturated carbocycles. The second kappa shape index (κ2) is 5.58. The molecule has 84 valence electrons. The number of thiazole rings is 1. The Kier molecular flexibility index (Phi) is 3.85. The Morgan fingerprint density at radius 1 is 1.31 bits per heavy atom. The van der Waals surface area contributed by atoms with Crippen LogP contribution < -0.4 is 10.5 Å². The highest BCUT2D eigenvalue weighted by Gasteiger charge is 1.98. The van der Waals surface area contributed by atoms with E-state index in [1.807, 2.05) is 12.1 Å². The van der Waals surface area contributed by atoms with Gasteiger partial charge in [0.15, 0.2) is 0 Å². The first kappa shape index (κ1) is 11.0. The van der Waals surface area contributed by atoms with E-state index >= 15 is 0 Å². The first-order valence-corrected chi connectivity index (χ1v) is 5.91. The maximum absolute atomic E-state index is 5.56. The van der Waals surface area contributed by atoms with Gasteiger partial charge in [-0.25, -0.2) is 0 Å². The number of hydrogen-bond donors (Lipinski definition) is 1. The molecule has 5 heteroatoms. The van der Waals surface area contributed by atoms with Crippen molar-refractivity contribution in [3.05, 3.63) is 40.6 Å². The van der Waals surface area contributed by atoms with E-state index in [0.717, 1.165) is 22.7 Å². The number of rotatable bonds is 5. The van der Waals surface area contributed by atoms with Gasteiger partial charge in [-0.05, 0) is 18.7 Å². The number of aromatic nitrogens is 2. The fourth-order valence-corrected chi connectivity index (χ4v) is 1.77. The SMILES string of the molecule is NCCc1ccc(OCc2cncs2)cn1. The molecule has 2 N–H and O–H groups in total. The third-order valence-corrected chi connectivity index (χ3v) is 2.82. The number of pyridine rings is 1. The van der Waals surface area contributed by atoms with Gasteiger partial charge in [-0.3, -0.25) is 9.97 Å². The van der Waals surface area contributed by atoms with Crippen molar-refractivity contribution in [1.82, 2.24) is 9.97 Å². The summed E-state index contributed by atoms with van der Waals surface area (Å²) in [5.41, 5.74) is 8.23. The molecule has 0 aliphatic heterocycles. The highest BCUT2D eigenvalue weighted by Crippen LogP contribution is 2.13. The summed E-state index contributed by atoms with van der Waals surface area (Å²) in [7, 11) is 0. The Balaban J connectivity index is 1.90. The van der Waals surface area contributed by atoms with E-state index in [1.165, 1.54) is 0 Å². The summed E-state index contributed by atoms with van der Waals surface area (Å²) < 4.78 is 5.56. The molecule has 0 saturated heterocycles. The van der Waals surface area contributed by atoms with Crippen LogP contribution in [0.4, 0.5) is 0 Å². The molecule has 0 atom stereocenters. The van der Waals surface area contributed by atoms with Gasteiger partial charge >= 0.3 is 0 Å². The zero-order valence-corrected chi connectivity index (χ0v) is 9.61. The monoisotopic (exact) mass is 235 g/mol. The van der Waals surface area contributed by atoms with Crippen molar-refractivity contribution in [2.75, 3.05) is 6.54 Å². The van der Waals surface area contributed by atoms with Crippen molar-refractivity contribution in [1.29, 1.82) is 0 Å². The van der Waals surface area contributed by atoms with Gasteiger partial charge < -0.3 is 10.5 Å². The summed E-state index contributed by atoms with van der Waals surface area (Å²) in [5.74, 6) is 0.772. The molecule has 0 unspecified atom stereocenters. The first-order chi connectivity index (χ1) is 7.88. The average molecular weight is 235 g/mol. The van der Waals surface area contributed by atoms with Crippen LogP contribution in [0.2, 0.25) is 0 Å². The fourth-order valence-electron chi connectivity index (χ4n) is 1.26. The molecule has 0 fully saturated rings. The van der Waals surface area contributed by atoms with Crippen molar-refractivity contribution < 1.29 is 4.74 Å². The number of ether oxygens (including phenoxy) is 1. The lowest BCUT2D eigenvalue weighted by atomic mass is 10.3. The lowest BCUT2D eigenvalue weighted by Gasteiger charge is -2.04. The molecule has 0 aromatic carbocycles. The van der Waals surface area contributed by atoms with Crippen molar-refractivity contribution in [2.24, 2.45) is 5.73 Å². The summed E-state index contributed by atoms with van der Waals surface area (Å²) in [6.45, 7) is 1.16. The third-order valence-electron chi connectivity index (χ3n) is 2.06. The van der Waals surface area contributed by atoms with Gasteiger partial charge in [0.2, 0.25) is 0 Å². The minimum Gasteiger partial charge on any atom is -0.486 e. The van der Waals surface area contributed by atoms with Crippen LogP contribution in [0, 0.1) is 0 Å². The fraction of sp³-hybridized carbons (Fsp3) is 0.273. The molecule has 0 bridgehead atoms. The van der Waals surface area contributed by atoms with E-state index < -0.39 is 0 Å². The number of hydrogen-bond acceptors (Lipinski definition) is 5. The Morgan fingerprint density at radius 3 is 2.88 bits per heavy atom. The van der Waals surface area contributed by atoms with Gasteiger partial charge in [0.1, 0.15) is 12.4 Å². The Morgan fingerprint density at radius 2 is 2.25 bits per heavy atom. The van der Waals surface area contributed by atoms with Crippen LogP contribution in [0.3, 0.4) is 0 Å². The van der Waals surface area contributed by atoms with Crippen LogP contribution in [0.15, 0.2) is 30.0 Å². The molecule has 0 aliphatic rings. The second-order valence-electron chi connectivity index (χ2n) is 3.28. The van der Waals surface area contributed by atoms with Crippen LogP contribution in [0.1, 0.15) is 10.6 Å². The van der Waals surface area contributed by atoms with Crippen LogP contribution >= 0.6 is 11.3 Å². The summed E-state index contributed by atoms with van der Waals surface area (Å²) in [4.78, 5) is 9.34. The summed E-state index contributed by atoms with van der Waals surface area (Å²) >= 11 is 1.58. The Labute approximate surface area is 98.1 Å². The van der Waals surface area contributed by atoms with E-state index in [9.17, 15) is 0 Å². The number of nitrogens with zero attached hydrogens (tertiary/aromatic N) is 2. The summed E-state index contributed by atoms with van der Waals surface area (Å²) in [6.07, 6.45) is 4.34. The van der Waals surface area contributed by atoms with Gasteiger partial charge in [0.05, 0.1) is 16.6 Å². The van der Waals surface area contributed by atoms with Gasteiger partial charge in [-0.1, -0.05) is 0 Å². The largest absolute Gasteiger partial charge is 0.486 e. The molecule has 16 heavy (non-hydrogen) atoms. The van der Waals surface area contributed by atoms with Gasteiger partial charge in [0.25, 0.3) is 0 Å². The quantitative estimate of drug-likeness (QED) is 0.855. The van der Waals surface area contributed by atoms with Gasteiger partial charge in [0, 0.05) is 18.3 Å². The van der Waals surface area contributed by atoms with Crippen molar-refractivity contribution in [3.63, 3.8) is 0 Å². The maximum atomic E-state index is 5.56. The van der Waals surface area contributed by atoms with Crippen molar-refractivity contribution >= 4 is 11.3 Å². The topological polar surface area (TPSA) is 61.0 Å². The van der Waals surface area contributed by atoms with Gasteiger partial charge in [-0.15, -0.1) is 11.3 Å². The van der Waals surface area contributed by atoms with E-state index in [1.54, 1.807) is 29.2 Å². The molecular weight excluding hydrogens is 222 g/mol. The van der Waals surface area contributed by atoms with E-state index in [-0.39, 0.29) is 0 Å². The molecule has 0 radical (unpaired) electrons. The minimum atomic E-state index is 0.544. The molecule has 2 rings (SSSR count). The molecule has 0 aliphatic carbocycles. The molecule has 2 aromatic rings. The van der Waals surface area contributed by atoms with Gasteiger partial charge in [-0.2, -0.15) is 0 Å². The predicted molar refractivity (Wildman–Crippen MR) is 63.4 cm³/mol. The Hall–Kier alpha value is -1.46. The van der Waals surface area contributed by atoms with Crippen molar-refractivity contribution in [2.45, 2.75) is 13.0 Å². The zero-order chi connectivity index (χ0) is 11.2. The van der Waals surface area contributed by atoms with E-state index in [2.05, 4.69) is 9.97 Å². The molecule has 2 aromatic heterocycles. The lowest BCUT2D eigenvalue weighted by Crippen LogP contribution is -2.04. The summed E-state index contributed by atoms with van der Waals surface area (Å²) in [6, 6.07) is 3.86. The van der Waals surface area contributed by atoms with E-state index in [4.69, 9.17) is 10.5 Å². The first-order valence-electron chi connectivity index (χ1n) is 5.03. The lowest BCUT2D eigenvalue weighted by molar-refractivity contribution is 0.308. The predicted octanol–water partition coefficient (Wildman–Crippen LogP) is 1.62. The minimum absolute atomic E-state index is 0.544. The molecular formula is C11H13N3OS. The van der Waals surface area contributed by atoms with Crippen LogP contribution in [0.25, 0.3) is 0 Å². The van der Waals surface area contributed by atoms with Crippen LogP contribution in [-0.4, -0.2) is 16.5 Å².